The molecule has 9 heteroatoms. The molecule has 6 rings (SSSR count). The summed E-state index contributed by atoms with van der Waals surface area (Å²) in [7, 11) is -3.70. The Morgan fingerprint density at radius 3 is 2.39 bits per heavy atom. The lowest BCUT2D eigenvalue weighted by atomic mass is 10.0. The summed E-state index contributed by atoms with van der Waals surface area (Å²) in [6.45, 7) is 1.01. The van der Waals surface area contributed by atoms with E-state index in [2.05, 4.69) is 9.97 Å². The average molecular weight is 541 g/mol. The van der Waals surface area contributed by atoms with Gasteiger partial charge in [-0.05, 0) is 66.1 Å². The zero-order chi connectivity index (χ0) is 26.1. The van der Waals surface area contributed by atoms with Gasteiger partial charge in [-0.3, -0.25) is 14.7 Å². The van der Waals surface area contributed by atoms with E-state index >= 15 is 0 Å². The number of hydrogen-bond acceptors (Lipinski definition) is 6. The van der Waals surface area contributed by atoms with Crippen molar-refractivity contribution >= 4 is 42.6 Å². The molecule has 1 aliphatic rings. The van der Waals surface area contributed by atoms with Crippen LogP contribution in [0.3, 0.4) is 0 Å². The summed E-state index contributed by atoms with van der Waals surface area (Å²) in [6.07, 6.45) is 2.37. The molecule has 0 bridgehead atoms. The highest BCUT2D eigenvalue weighted by Gasteiger charge is 2.29. The fourth-order valence-corrected chi connectivity index (χ4v) is 6.99. The maximum Gasteiger partial charge on any atom is 0.260 e. The minimum absolute atomic E-state index is 0.171. The second kappa shape index (κ2) is 10.1. The summed E-state index contributed by atoms with van der Waals surface area (Å²) in [5.74, 6) is -0.273. The van der Waals surface area contributed by atoms with Crippen molar-refractivity contribution in [2.75, 3.05) is 11.4 Å². The van der Waals surface area contributed by atoms with Gasteiger partial charge in [0.05, 0.1) is 27.4 Å². The first-order valence-electron chi connectivity index (χ1n) is 12.2. The van der Waals surface area contributed by atoms with Crippen LogP contribution in [0.5, 0.6) is 0 Å². The van der Waals surface area contributed by atoms with E-state index in [0.717, 1.165) is 21.5 Å². The molecule has 1 aliphatic heterocycles. The first-order valence-corrected chi connectivity index (χ1v) is 14.5. The van der Waals surface area contributed by atoms with Crippen LogP contribution in [0.15, 0.2) is 102 Å². The predicted octanol–water partition coefficient (Wildman–Crippen LogP) is 5.29. The number of aromatic nitrogens is 2. The van der Waals surface area contributed by atoms with Gasteiger partial charge in [0.1, 0.15) is 0 Å². The van der Waals surface area contributed by atoms with Crippen molar-refractivity contribution in [2.24, 2.45) is 0 Å². The smallest absolute Gasteiger partial charge is 0.260 e. The summed E-state index contributed by atoms with van der Waals surface area (Å²) < 4.78 is 29.3. The summed E-state index contributed by atoms with van der Waals surface area (Å²) in [4.78, 5) is 24.6. The zero-order valence-electron chi connectivity index (χ0n) is 20.4. The molecule has 0 fully saturated rings. The molecule has 0 N–H and O–H groups in total. The van der Waals surface area contributed by atoms with Crippen LogP contribution >= 0.6 is 11.3 Å². The van der Waals surface area contributed by atoms with Crippen molar-refractivity contribution in [3.63, 3.8) is 0 Å². The van der Waals surface area contributed by atoms with E-state index in [9.17, 15) is 13.2 Å². The molecule has 190 valence electrons. The van der Waals surface area contributed by atoms with Crippen molar-refractivity contribution in [1.29, 1.82) is 0 Å². The molecule has 0 unspecified atom stereocenters. The molecular formula is C29H24N4O3S2. The number of para-hydroxylation sites is 1. The van der Waals surface area contributed by atoms with Gasteiger partial charge in [0, 0.05) is 24.8 Å². The first-order chi connectivity index (χ1) is 18.5. The minimum Gasteiger partial charge on any atom is -0.278 e. The van der Waals surface area contributed by atoms with E-state index in [4.69, 9.17) is 0 Å². The maximum absolute atomic E-state index is 13.7. The number of benzene rings is 3. The lowest BCUT2D eigenvalue weighted by Gasteiger charge is -2.28. The molecule has 3 heterocycles. The molecule has 3 aromatic carbocycles. The second-order valence-electron chi connectivity index (χ2n) is 9.06. The van der Waals surface area contributed by atoms with Crippen LogP contribution in [0.25, 0.3) is 10.2 Å². The summed E-state index contributed by atoms with van der Waals surface area (Å²) in [5.41, 5.74) is 4.13. The third kappa shape index (κ3) is 4.71. The Morgan fingerprint density at radius 2 is 1.63 bits per heavy atom. The molecule has 38 heavy (non-hydrogen) atoms. The number of nitrogens with zero attached hydrogens (tertiary/aromatic N) is 4. The van der Waals surface area contributed by atoms with E-state index in [1.54, 1.807) is 23.2 Å². The standard InChI is InChI=1S/C29H24N4O3S2/c34-28(33(20-24-9-5-6-17-30-24)29-31-26-10-3-4-11-27(26)37-29)22-12-14-25(15-13-22)38(35,36)32-18-16-21-7-1-2-8-23(21)19-32/h1-15,17H,16,18-20H2. The summed E-state index contributed by atoms with van der Waals surface area (Å²) >= 11 is 1.43. The van der Waals surface area contributed by atoms with Gasteiger partial charge < -0.3 is 0 Å². The van der Waals surface area contributed by atoms with Gasteiger partial charge in [-0.25, -0.2) is 13.4 Å². The molecule has 0 aliphatic carbocycles. The topological polar surface area (TPSA) is 83.5 Å². The number of thiazole rings is 1. The number of hydrogen-bond donors (Lipinski definition) is 0. The van der Waals surface area contributed by atoms with Gasteiger partial charge in [-0.1, -0.05) is 53.8 Å². The van der Waals surface area contributed by atoms with E-state index in [1.807, 2.05) is 66.7 Å². The Labute approximate surface area is 225 Å². The molecule has 0 spiro atoms. The number of anilines is 1. The van der Waals surface area contributed by atoms with Crippen molar-refractivity contribution in [1.82, 2.24) is 14.3 Å². The number of rotatable bonds is 6. The quantitative estimate of drug-likeness (QED) is 0.292. The molecule has 0 saturated heterocycles. The maximum atomic E-state index is 13.7. The molecule has 5 aromatic rings. The summed E-state index contributed by atoms with van der Waals surface area (Å²) in [5, 5.41) is 0.561. The Hall–Kier alpha value is -3.92. The minimum atomic E-state index is -3.70. The highest BCUT2D eigenvalue weighted by molar-refractivity contribution is 7.89. The van der Waals surface area contributed by atoms with Crippen molar-refractivity contribution in [3.8, 4) is 0 Å². The van der Waals surface area contributed by atoms with Crippen LogP contribution in [0.2, 0.25) is 0 Å². The Kier molecular flexibility index (Phi) is 6.49. The Morgan fingerprint density at radius 1 is 0.895 bits per heavy atom. The van der Waals surface area contributed by atoms with Crippen molar-refractivity contribution < 1.29 is 13.2 Å². The SMILES string of the molecule is O=C(c1ccc(S(=O)(=O)N2CCc3ccccc3C2)cc1)N(Cc1ccccn1)c1nc2ccccc2s1. The lowest BCUT2D eigenvalue weighted by molar-refractivity contribution is 0.0984. The Balaban J connectivity index is 1.28. The third-order valence-corrected chi connectivity index (χ3v) is 9.56. The van der Waals surface area contributed by atoms with Gasteiger partial charge in [0.2, 0.25) is 10.0 Å². The highest BCUT2D eigenvalue weighted by atomic mass is 32.2. The molecule has 1 amide bonds. The molecule has 2 aromatic heterocycles. The summed E-state index contributed by atoms with van der Waals surface area (Å²) in [6, 6.07) is 27.4. The average Bonchev–Trinajstić information content (AvgIpc) is 3.40. The second-order valence-corrected chi connectivity index (χ2v) is 12.0. The molecule has 0 radical (unpaired) electrons. The number of fused-ring (bicyclic) bond motifs is 2. The van der Waals surface area contributed by atoms with Crippen molar-refractivity contribution in [3.05, 3.63) is 120 Å². The lowest BCUT2D eigenvalue weighted by Crippen LogP contribution is -2.36. The fourth-order valence-electron chi connectivity index (χ4n) is 4.60. The Bertz CT molecular complexity index is 1690. The van der Waals surface area contributed by atoms with Gasteiger partial charge >= 0.3 is 0 Å². The van der Waals surface area contributed by atoms with Gasteiger partial charge in [0.25, 0.3) is 5.91 Å². The third-order valence-electron chi connectivity index (χ3n) is 6.64. The number of carbonyl (C=O) groups is 1. The fraction of sp³-hybridized carbons (Fsp3) is 0.138. The van der Waals surface area contributed by atoms with Crippen LogP contribution in [0.4, 0.5) is 5.13 Å². The predicted molar refractivity (Wildman–Crippen MR) is 149 cm³/mol. The van der Waals surface area contributed by atoms with Crippen LogP contribution in [-0.4, -0.2) is 35.1 Å². The molecular weight excluding hydrogens is 516 g/mol. The highest BCUT2D eigenvalue weighted by Crippen LogP contribution is 2.31. The van der Waals surface area contributed by atoms with Crippen LogP contribution in [-0.2, 0) is 29.5 Å². The number of sulfonamides is 1. The molecule has 7 nitrogen and oxygen atoms in total. The molecule has 0 atom stereocenters. The van der Waals surface area contributed by atoms with Crippen LogP contribution in [0.1, 0.15) is 27.2 Å². The molecule has 0 saturated carbocycles. The zero-order valence-corrected chi connectivity index (χ0v) is 22.0. The van der Waals surface area contributed by atoms with Crippen molar-refractivity contribution in [2.45, 2.75) is 24.4 Å². The number of amides is 1. The van der Waals surface area contributed by atoms with E-state index in [-0.39, 0.29) is 17.3 Å². The van der Waals surface area contributed by atoms with Gasteiger partial charge in [-0.15, -0.1) is 0 Å². The number of carbonyl (C=O) groups excluding carboxylic acids is 1. The number of pyridine rings is 1. The van der Waals surface area contributed by atoms with E-state index in [0.29, 0.717) is 30.2 Å². The normalized spacial score (nSPS) is 13.8. The first kappa shape index (κ1) is 24.4. The van der Waals surface area contributed by atoms with E-state index in [1.165, 1.54) is 33.3 Å². The monoisotopic (exact) mass is 540 g/mol. The van der Waals surface area contributed by atoms with E-state index < -0.39 is 10.0 Å². The van der Waals surface area contributed by atoms with Crippen LogP contribution in [0, 0.1) is 0 Å². The van der Waals surface area contributed by atoms with Gasteiger partial charge in [-0.2, -0.15) is 4.31 Å². The largest absolute Gasteiger partial charge is 0.278 e. The van der Waals surface area contributed by atoms with Gasteiger partial charge in [0.15, 0.2) is 5.13 Å². The van der Waals surface area contributed by atoms with Crippen LogP contribution < -0.4 is 4.90 Å².